The van der Waals surface area contributed by atoms with Gasteiger partial charge in [0.1, 0.15) is 5.52 Å². The summed E-state index contributed by atoms with van der Waals surface area (Å²) in [6.45, 7) is 0. The summed E-state index contributed by atoms with van der Waals surface area (Å²) in [5, 5.41) is 0. The first-order valence-electron chi connectivity index (χ1n) is 3.56. The number of nitrogens with zero attached hydrogens (tertiary/aromatic N) is 1. The Bertz CT molecular complexity index is 616. The molecule has 2 aromatic heterocycles. The number of rotatable bonds is 0. The van der Waals surface area contributed by atoms with E-state index in [4.69, 9.17) is 0 Å². The lowest BCUT2D eigenvalue weighted by atomic mass is 10.4. The molecular formula is C7H3Br2N3O2. The Balaban J connectivity index is 3.04. The molecule has 0 saturated carbocycles. The second kappa shape index (κ2) is 3.32. The first-order valence-corrected chi connectivity index (χ1v) is 5.14. The zero-order valence-electron chi connectivity index (χ0n) is 6.60. The maximum atomic E-state index is 11.0. The highest BCUT2D eigenvalue weighted by Crippen LogP contribution is 2.26. The highest BCUT2D eigenvalue weighted by atomic mass is 79.9. The average molecular weight is 321 g/mol. The lowest BCUT2D eigenvalue weighted by Gasteiger charge is -2.00. The van der Waals surface area contributed by atoms with Crippen LogP contribution in [0.3, 0.4) is 0 Å². The summed E-state index contributed by atoms with van der Waals surface area (Å²) in [6.07, 6.45) is 1.53. The second-order valence-electron chi connectivity index (χ2n) is 2.55. The number of H-pyrrole nitrogens is 2. The monoisotopic (exact) mass is 319 g/mol. The van der Waals surface area contributed by atoms with E-state index in [9.17, 15) is 9.59 Å². The van der Waals surface area contributed by atoms with Crippen LogP contribution in [0, 0.1) is 0 Å². The van der Waals surface area contributed by atoms with Crippen LogP contribution in [0.5, 0.6) is 0 Å². The van der Waals surface area contributed by atoms with Crippen molar-refractivity contribution in [3.05, 3.63) is 35.8 Å². The van der Waals surface area contributed by atoms with Gasteiger partial charge in [-0.2, -0.15) is 0 Å². The van der Waals surface area contributed by atoms with Gasteiger partial charge in [0.25, 0.3) is 0 Å². The van der Waals surface area contributed by atoms with E-state index in [-0.39, 0.29) is 0 Å². The molecule has 2 N–H and O–H groups in total. The molecule has 0 bridgehead atoms. The molecule has 2 aromatic rings. The van der Waals surface area contributed by atoms with Crippen molar-refractivity contribution < 1.29 is 0 Å². The third-order valence-corrected chi connectivity index (χ3v) is 3.61. The SMILES string of the molecule is O=c1[nH]c2ncc(Br)c(Br)c2[nH]c1=O. The summed E-state index contributed by atoms with van der Waals surface area (Å²) >= 11 is 6.50. The van der Waals surface area contributed by atoms with Gasteiger partial charge in [0.15, 0.2) is 5.65 Å². The van der Waals surface area contributed by atoms with Gasteiger partial charge >= 0.3 is 11.1 Å². The van der Waals surface area contributed by atoms with E-state index in [2.05, 4.69) is 46.8 Å². The minimum atomic E-state index is -0.709. The van der Waals surface area contributed by atoms with Crippen molar-refractivity contribution >= 4 is 43.0 Å². The summed E-state index contributed by atoms with van der Waals surface area (Å²) < 4.78 is 1.35. The lowest BCUT2D eigenvalue weighted by Crippen LogP contribution is -2.29. The van der Waals surface area contributed by atoms with Gasteiger partial charge in [-0.25, -0.2) is 4.98 Å². The van der Waals surface area contributed by atoms with Crippen LogP contribution in [0.2, 0.25) is 0 Å². The summed E-state index contributed by atoms with van der Waals surface area (Å²) in [7, 11) is 0. The first-order chi connectivity index (χ1) is 6.59. The molecule has 0 saturated heterocycles. The molecule has 0 aliphatic heterocycles. The van der Waals surface area contributed by atoms with Crippen LogP contribution in [0.15, 0.2) is 24.7 Å². The maximum Gasteiger partial charge on any atom is 0.315 e. The zero-order chi connectivity index (χ0) is 10.3. The molecule has 0 amide bonds. The number of halogens is 2. The van der Waals surface area contributed by atoms with E-state index in [0.717, 1.165) is 0 Å². The second-order valence-corrected chi connectivity index (χ2v) is 4.20. The van der Waals surface area contributed by atoms with E-state index in [1.54, 1.807) is 0 Å². The Kier molecular flexibility index (Phi) is 2.28. The van der Waals surface area contributed by atoms with Crippen molar-refractivity contribution in [3.63, 3.8) is 0 Å². The molecule has 0 unspecified atom stereocenters. The van der Waals surface area contributed by atoms with Crippen LogP contribution >= 0.6 is 31.9 Å². The smallest absolute Gasteiger partial charge is 0.314 e. The number of fused-ring (bicyclic) bond motifs is 1. The topological polar surface area (TPSA) is 78.6 Å². The predicted octanol–water partition coefficient (Wildman–Crippen LogP) is 1.14. The molecule has 2 rings (SSSR count). The van der Waals surface area contributed by atoms with Crippen molar-refractivity contribution in [1.82, 2.24) is 15.0 Å². The zero-order valence-corrected chi connectivity index (χ0v) is 9.77. The van der Waals surface area contributed by atoms with Crippen LogP contribution < -0.4 is 11.1 Å². The number of hydrogen-bond acceptors (Lipinski definition) is 3. The van der Waals surface area contributed by atoms with Crippen molar-refractivity contribution in [2.75, 3.05) is 0 Å². The van der Waals surface area contributed by atoms with Gasteiger partial charge in [0.2, 0.25) is 0 Å². The Labute approximate surface area is 93.8 Å². The number of nitrogens with one attached hydrogen (secondary N) is 2. The standard InChI is InChI=1S/C7H3Br2N3O2/c8-2-1-10-5-4(3(2)9)11-6(13)7(14)12-5/h1H,(H,11,13)(H,10,12,14). The summed E-state index contributed by atoms with van der Waals surface area (Å²) in [4.78, 5) is 30.7. The van der Waals surface area contributed by atoms with Gasteiger partial charge in [-0.05, 0) is 31.9 Å². The Morgan fingerprint density at radius 3 is 2.50 bits per heavy atom. The molecule has 2 heterocycles. The molecule has 0 aliphatic carbocycles. The molecular weight excluding hydrogens is 318 g/mol. The van der Waals surface area contributed by atoms with E-state index >= 15 is 0 Å². The molecule has 5 nitrogen and oxygen atoms in total. The van der Waals surface area contributed by atoms with Crippen LogP contribution in [0.25, 0.3) is 11.2 Å². The van der Waals surface area contributed by atoms with Crippen molar-refractivity contribution in [3.8, 4) is 0 Å². The summed E-state index contributed by atoms with van der Waals surface area (Å²) in [6, 6.07) is 0. The average Bonchev–Trinajstić information content (AvgIpc) is 2.15. The maximum absolute atomic E-state index is 11.0. The van der Waals surface area contributed by atoms with Crippen LogP contribution in [0.1, 0.15) is 0 Å². The fourth-order valence-electron chi connectivity index (χ4n) is 1.01. The van der Waals surface area contributed by atoms with Crippen LogP contribution in [-0.2, 0) is 0 Å². The van der Waals surface area contributed by atoms with Gasteiger partial charge in [-0.1, -0.05) is 0 Å². The molecule has 0 aromatic carbocycles. The van der Waals surface area contributed by atoms with E-state index in [1.165, 1.54) is 6.20 Å². The van der Waals surface area contributed by atoms with Crippen molar-refractivity contribution in [2.45, 2.75) is 0 Å². The van der Waals surface area contributed by atoms with Gasteiger partial charge in [0.05, 0.1) is 8.95 Å². The highest BCUT2D eigenvalue weighted by molar-refractivity contribution is 9.13. The van der Waals surface area contributed by atoms with Gasteiger partial charge in [-0.3, -0.25) is 9.59 Å². The third-order valence-electron chi connectivity index (χ3n) is 1.65. The lowest BCUT2D eigenvalue weighted by molar-refractivity contribution is 1.11. The quantitative estimate of drug-likeness (QED) is 0.714. The molecule has 0 atom stereocenters. The molecule has 0 spiro atoms. The van der Waals surface area contributed by atoms with E-state index in [0.29, 0.717) is 20.1 Å². The number of hydrogen-bond donors (Lipinski definition) is 2. The Morgan fingerprint density at radius 2 is 1.79 bits per heavy atom. The fourth-order valence-corrected chi connectivity index (χ4v) is 1.70. The predicted molar refractivity (Wildman–Crippen MR) is 58.4 cm³/mol. The van der Waals surface area contributed by atoms with Crippen LogP contribution in [0.4, 0.5) is 0 Å². The Hall–Kier alpha value is -0.950. The van der Waals surface area contributed by atoms with Gasteiger partial charge < -0.3 is 9.97 Å². The van der Waals surface area contributed by atoms with Crippen LogP contribution in [-0.4, -0.2) is 15.0 Å². The van der Waals surface area contributed by atoms with Gasteiger partial charge in [-0.15, -0.1) is 0 Å². The van der Waals surface area contributed by atoms with Gasteiger partial charge in [0, 0.05) is 6.20 Å². The number of pyridine rings is 1. The number of aromatic nitrogens is 3. The molecule has 0 aliphatic rings. The van der Waals surface area contributed by atoms with E-state index < -0.39 is 11.1 Å². The first kappa shape index (κ1) is 9.60. The largest absolute Gasteiger partial charge is 0.315 e. The Morgan fingerprint density at radius 1 is 1.14 bits per heavy atom. The third kappa shape index (κ3) is 1.42. The molecule has 0 fully saturated rings. The summed E-state index contributed by atoms with van der Waals surface area (Å²) in [5.74, 6) is 0. The molecule has 0 radical (unpaired) electrons. The number of aromatic amines is 2. The fraction of sp³-hybridized carbons (Fsp3) is 0. The minimum absolute atomic E-state index is 0.338. The molecule has 14 heavy (non-hydrogen) atoms. The normalized spacial score (nSPS) is 10.7. The molecule has 72 valence electrons. The van der Waals surface area contributed by atoms with Crippen molar-refractivity contribution in [1.29, 1.82) is 0 Å². The highest BCUT2D eigenvalue weighted by Gasteiger charge is 2.06. The van der Waals surface area contributed by atoms with Crippen molar-refractivity contribution in [2.24, 2.45) is 0 Å². The minimum Gasteiger partial charge on any atom is -0.314 e. The molecule has 7 heteroatoms. The summed E-state index contributed by atoms with van der Waals surface area (Å²) in [5.41, 5.74) is -0.606. The van der Waals surface area contributed by atoms with E-state index in [1.807, 2.05) is 0 Å².